The number of primary amides is 1. The van der Waals surface area contributed by atoms with Crippen LogP contribution in [0.25, 0.3) is 0 Å². The minimum atomic E-state index is -0.337. The van der Waals surface area contributed by atoms with E-state index >= 15 is 0 Å². The topological polar surface area (TPSA) is 72.2 Å². The van der Waals surface area contributed by atoms with Gasteiger partial charge >= 0.3 is 0 Å². The minimum Gasteiger partial charge on any atom is -0.369 e. The lowest BCUT2D eigenvalue weighted by molar-refractivity contribution is -0.117. The molecule has 5 heteroatoms. The van der Waals surface area contributed by atoms with Gasteiger partial charge in [-0.25, -0.2) is 0 Å². The molecule has 0 saturated carbocycles. The molecule has 0 unspecified atom stereocenters. The fraction of sp³-hybridized carbons (Fsp3) is 0.273. The maximum absolute atomic E-state index is 10.9. The average molecular weight is 238 g/mol. The Hall–Kier alpha value is -1.49. The van der Waals surface area contributed by atoms with Gasteiger partial charge in [-0.15, -0.1) is 11.8 Å². The van der Waals surface area contributed by atoms with Crippen LogP contribution in [0.1, 0.15) is 13.8 Å². The van der Waals surface area contributed by atoms with E-state index in [1.165, 1.54) is 18.7 Å². The SMILES string of the molecule is CC(=O)Nc1ccc(S[C@H](C)C(N)=O)cc1. The third kappa shape index (κ3) is 3.94. The second-order valence-electron chi connectivity index (χ2n) is 3.37. The molecule has 86 valence electrons. The van der Waals surface area contributed by atoms with Crippen molar-refractivity contribution in [2.24, 2.45) is 5.73 Å². The molecule has 0 fully saturated rings. The van der Waals surface area contributed by atoms with Gasteiger partial charge in [0.05, 0.1) is 5.25 Å². The van der Waals surface area contributed by atoms with Crippen LogP contribution < -0.4 is 11.1 Å². The first-order chi connectivity index (χ1) is 7.49. The molecule has 1 aromatic carbocycles. The zero-order chi connectivity index (χ0) is 12.1. The van der Waals surface area contributed by atoms with Crippen molar-refractivity contribution in [1.82, 2.24) is 0 Å². The van der Waals surface area contributed by atoms with Crippen molar-refractivity contribution in [2.75, 3.05) is 5.32 Å². The van der Waals surface area contributed by atoms with Crippen LogP contribution in [0.4, 0.5) is 5.69 Å². The lowest BCUT2D eigenvalue weighted by Gasteiger charge is -2.07. The molecule has 1 rings (SSSR count). The molecule has 0 spiro atoms. The summed E-state index contributed by atoms with van der Waals surface area (Å²) in [5, 5.41) is 2.41. The lowest BCUT2D eigenvalue weighted by Crippen LogP contribution is -2.22. The highest BCUT2D eigenvalue weighted by atomic mass is 32.2. The van der Waals surface area contributed by atoms with Gasteiger partial charge in [0.2, 0.25) is 11.8 Å². The van der Waals surface area contributed by atoms with Crippen LogP contribution in [-0.4, -0.2) is 17.1 Å². The van der Waals surface area contributed by atoms with Crippen LogP contribution >= 0.6 is 11.8 Å². The molecule has 0 aliphatic rings. The first-order valence-electron chi connectivity index (χ1n) is 4.82. The van der Waals surface area contributed by atoms with Gasteiger partial charge in [0.25, 0.3) is 0 Å². The number of anilines is 1. The number of amides is 2. The molecule has 0 saturated heterocycles. The number of hydrogen-bond donors (Lipinski definition) is 2. The van der Waals surface area contributed by atoms with E-state index in [1.807, 2.05) is 12.1 Å². The number of nitrogens with one attached hydrogen (secondary N) is 1. The summed E-state index contributed by atoms with van der Waals surface area (Å²) in [5.74, 6) is -0.443. The highest BCUT2D eigenvalue weighted by molar-refractivity contribution is 8.00. The smallest absolute Gasteiger partial charge is 0.230 e. The van der Waals surface area contributed by atoms with E-state index in [1.54, 1.807) is 19.1 Å². The van der Waals surface area contributed by atoms with E-state index in [0.29, 0.717) is 0 Å². The standard InChI is InChI=1S/C11H14N2O2S/c1-7(11(12)15)16-10-5-3-9(4-6-10)13-8(2)14/h3-7H,1-2H3,(H2,12,15)(H,13,14)/t7-/m1/s1. The summed E-state index contributed by atoms with van der Waals surface area (Å²) >= 11 is 1.39. The Morgan fingerprint density at radius 2 is 1.88 bits per heavy atom. The van der Waals surface area contributed by atoms with Crippen molar-refractivity contribution < 1.29 is 9.59 Å². The number of carbonyl (C=O) groups is 2. The van der Waals surface area contributed by atoms with E-state index in [2.05, 4.69) is 5.32 Å². The van der Waals surface area contributed by atoms with Gasteiger partial charge in [-0.2, -0.15) is 0 Å². The number of hydrogen-bond acceptors (Lipinski definition) is 3. The van der Waals surface area contributed by atoms with E-state index in [4.69, 9.17) is 5.73 Å². The van der Waals surface area contributed by atoms with Crippen LogP contribution in [-0.2, 0) is 9.59 Å². The Kier molecular flexibility index (Phi) is 4.37. The number of nitrogens with two attached hydrogens (primary N) is 1. The van der Waals surface area contributed by atoms with Gasteiger partial charge in [-0.3, -0.25) is 9.59 Å². The summed E-state index contributed by atoms with van der Waals surface area (Å²) in [5.41, 5.74) is 5.90. The zero-order valence-electron chi connectivity index (χ0n) is 9.19. The highest BCUT2D eigenvalue weighted by Gasteiger charge is 2.09. The van der Waals surface area contributed by atoms with Crippen LogP contribution in [0.15, 0.2) is 29.2 Å². The summed E-state index contributed by atoms with van der Waals surface area (Å²) in [7, 11) is 0. The molecule has 16 heavy (non-hydrogen) atoms. The number of thioether (sulfide) groups is 1. The Balaban J connectivity index is 2.64. The molecular formula is C11H14N2O2S. The molecule has 4 nitrogen and oxygen atoms in total. The Morgan fingerprint density at radius 3 is 2.31 bits per heavy atom. The molecule has 2 amide bonds. The molecule has 0 radical (unpaired) electrons. The van der Waals surface area contributed by atoms with E-state index in [-0.39, 0.29) is 17.1 Å². The molecule has 3 N–H and O–H groups in total. The summed E-state index contributed by atoms with van der Waals surface area (Å²) in [6.45, 7) is 3.21. The van der Waals surface area contributed by atoms with Crippen molar-refractivity contribution in [2.45, 2.75) is 24.0 Å². The maximum Gasteiger partial charge on any atom is 0.230 e. The molecule has 0 aliphatic heterocycles. The second-order valence-corrected chi connectivity index (χ2v) is 4.78. The highest BCUT2D eigenvalue weighted by Crippen LogP contribution is 2.24. The molecule has 1 atom stereocenters. The van der Waals surface area contributed by atoms with Gasteiger partial charge in [0.15, 0.2) is 0 Å². The predicted molar refractivity (Wildman–Crippen MR) is 65.3 cm³/mol. The van der Waals surface area contributed by atoms with Crippen LogP contribution in [0.5, 0.6) is 0 Å². The normalized spacial score (nSPS) is 11.9. The Bertz CT molecular complexity index is 389. The van der Waals surface area contributed by atoms with Crippen LogP contribution in [0, 0.1) is 0 Å². The molecular weight excluding hydrogens is 224 g/mol. The van der Waals surface area contributed by atoms with E-state index in [0.717, 1.165) is 10.6 Å². The van der Waals surface area contributed by atoms with Gasteiger partial charge in [0, 0.05) is 17.5 Å². The second kappa shape index (κ2) is 5.55. The third-order valence-corrected chi connectivity index (χ3v) is 3.02. The van der Waals surface area contributed by atoms with Crippen molar-refractivity contribution in [3.63, 3.8) is 0 Å². The quantitative estimate of drug-likeness (QED) is 0.783. The number of benzene rings is 1. The van der Waals surface area contributed by atoms with Crippen LogP contribution in [0.2, 0.25) is 0 Å². The van der Waals surface area contributed by atoms with Crippen molar-refractivity contribution in [3.8, 4) is 0 Å². The van der Waals surface area contributed by atoms with Gasteiger partial charge in [-0.1, -0.05) is 0 Å². The first-order valence-corrected chi connectivity index (χ1v) is 5.70. The molecule has 0 heterocycles. The van der Waals surface area contributed by atoms with Gasteiger partial charge in [-0.05, 0) is 31.2 Å². The third-order valence-electron chi connectivity index (χ3n) is 1.89. The fourth-order valence-corrected chi connectivity index (χ4v) is 1.90. The van der Waals surface area contributed by atoms with Crippen molar-refractivity contribution in [1.29, 1.82) is 0 Å². The van der Waals surface area contributed by atoms with Gasteiger partial charge in [0.1, 0.15) is 0 Å². The summed E-state index contributed by atoms with van der Waals surface area (Å²) in [4.78, 5) is 22.6. The largest absolute Gasteiger partial charge is 0.369 e. The molecule has 0 bridgehead atoms. The van der Waals surface area contributed by atoms with Crippen molar-refractivity contribution in [3.05, 3.63) is 24.3 Å². The molecule has 0 aliphatic carbocycles. The first kappa shape index (κ1) is 12.6. The number of rotatable bonds is 4. The monoisotopic (exact) mass is 238 g/mol. The molecule has 1 aromatic rings. The Morgan fingerprint density at radius 1 is 1.31 bits per heavy atom. The molecule has 0 aromatic heterocycles. The summed E-state index contributed by atoms with van der Waals surface area (Å²) < 4.78 is 0. The summed E-state index contributed by atoms with van der Waals surface area (Å²) in [6.07, 6.45) is 0. The maximum atomic E-state index is 10.9. The fourth-order valence-electron chi connectivity index (χ4n) is 1.08. The van der Waals surface area contributed by atoms with E-state index in [9.17, 15) is 9.59 Å². The lowest BCUT2D eigenvalue weighted by atomic mass is 10.3. The summed E-state index contributed by atoms with van der Waals surface area (Å²) in [6, 6.07) is 7.26. The average Bonchev–Trinajstić information content (AvgIpc) is 2.20. The van der Waals surface area contributed by atoms with Crippen LogP contribution in [0.3, 0.4) is 0 Å². The minimum absolute atomic E-state index is 0.106. The predicted octanol–water partition coefficient (Wildman–Crippen LogP) is 1.61. The van der Waals surface area contributed by atoms with Gasteiger partial charge < -0.3 is 11.1 Å². The van der Waals surface area contributed by atoms with E-state index < -0.39 is 0 Å². The zero-order valence-corrected chi connectivity index (χ0v) is 10.0. The number of carbonyl (C=O) groups excluding carboxylic acids is 2. The Labute approximate surface area is 98.6 Å². The van der Waals surface area contributed by atoms with Crippen molar-refractivity contribution >= 4 is 29.3 Å².